The lowest BCUT2D eigenvalue weighted by atomic mass is 10.2. The molecule has 0 aliphatic carbocycles. The Labute approximate surface area is 69.7 Å². The Balaban J connectivity index is 2.72. The van der Waals surface area contributed by atoms with Gasteiger partial charge >= 0.3 is 5.76 Å². The van der Waals surface area contributed by atoms with Gasteiger partial charge in [-0.25, -0.2) is 4.79 Å². The third-order valence-corrected chi connectivity index (χ3v) is 1.50. The monoisotopic (exact) mass is 172 g/mol. The summed E-state index contributed by atoms with van der Waals surface area (Å²) in [5, 5.41) is 3.54. The van der Waals surface area contributed by atoms with Crippen molar-refractivity contribution >= 4 is 0 Å². The minimum Gasteiger partial charge on any atom is -0.370 e. The Morgan fingerprint density at radius 3 is 2.83 bits per heavy atom. The molecule has 5 heteroatoms. The summed E-state index contributed by atoms with van der Waals surface area (Å²) in [4.78, 5) is 13.0. The van der Waals surface area contributed by atoms with Gasteiger partial charge in [0.1, 0.15) is 6.10 Å². The average Bonchev–Trinajstić information content (AvgIpc) is 2.47. The lowest BCUT2D eigenvalue weighted by Crippen LogP contribution is -2.06. The highest BCUT2D eigenvalue weighted by Gasteiger charge is 2.13. The van der Waals surface area contributed by atoms with Crippen molar-refractivity contribution in [3.8, 4) is 0 Å². The normalized spacial score (nSPS) is 13.2. The van der Waals surface area contributed by atoms with Crippen LogP contribution < -0.4 is 5.76 Å². The van der Waals surface area contributed by atoms with Gasteiger partial charge in [-0.05, 0) is 13.3 Å². The largest absolute Gasteiger partial charge is 0.438 e. The van der Waals surface area contributed by atoms with Crippen molar-refractivity contribution in [3.05, 3.63) is 16.4 Å². The van der Waals surface area contributed by atoms with E-state index in [0.29, 0.717) is 12.4 Å². The van der Waals surface area contributed by atoms with Crippen molar-refractivity contribution in [3.63, 3.8) is 0 Å². The molecule has 68 valence electrons. The van der Waals surface area contributed by atoms with Gasteiger partial charge in [-0.3, -0.25) is 9.51 Å². The van der Waals surface area contributed by atoms with E-state index in [4.69, 9.17) is 4.74 Å². The van der Waals surface area contributed by atoms with E-state index in [0.717, 1.165) is 6.42 Å². The Bertz CT molecular complexity index is 278. The Morgan fingerprint density at radius 2 is 2.42 bits per heavy atom. The topological polar surface area (TPSA) is 68.1 Å². The molecule has 0 aliphatic heterocycles. The summed E-state index contributed by atoms with van der Waals surface area (Å²) in [5.41, 5.74) is 0. The van der Waals surface area contributed by atoms with Crippen LogP contribution in [0, 0.1) is 0 Å². The zero-order valence-corrected chi connectivity index (χ0v) is 7.16. The fourth-order valence-electron chi connectivity index (χ4n) is 0.971. The van der Waals surface area contributed by atoms with Crippen LogP contribution in [0.4, 0.5) is 0 Å². The summed E-state index contributed by atoms with van der Waals surface area (Å²) < 4.78 is 9.65. The molecular formula is C7H12N2O3. The second-order valence-corrected chi connectivity index (χ2v) is 2.33. The van der Waals surface area contributed by atoms with Crippen LogP contribution in [-0.4, -0.2) is 16.7 Å². The number of hydrogen-bond acceptors (Lipinski definition) is 4. The molecule has 0 aromatic carbocycles. The van der Waals surface area contributed by atoms with Crippen molar-refractivity contribution in [2.75, 3.05) is 6.61 Å². The Hall–Kier alpha value is -1.10. The van der Waals surface area contributed by atoms with Gasteiger partial charge in [-0.2, -0.15) is 0 Å². The van der Waals surface area contributed by atoms with Crippen LogP contribution >= 0.6 is 0 Å². The summed E-state index contributed by atoms with van der Waals surface area (Å²) in [6.45, 7) is 4.43. The number of H-pyrrole nitrogens is 1. The molecule has 0 saturated carbocycles. The molecule has 1 atom stereocenters. The second kappa shape index (κ2) is 4.06. The summed E-state index contributed by atoms with van der Waals surface area (Å²) in [7, 11) is 0. The zero-order chi connectivity index (χ0) is 8.97. The van der Waals surface area contributed by atoms with Crippen molar-refractivity contribution in [2.45, 2.75) is 26.4 Å². The van der Waals surface area contributed by atoms with Gasteiger partial charge in [-0.15, -0.1) is 0 Å². The van der Waals surface area contributed by atoms with Crippen LogP contribution in [0.5, 0.6) is 0 Å². The first kappa shape index (κ1) is 8.99. The molecule has 1 N–H and O–H groups in total. The molecule has 1 rings (SSSR count). The standard InChI is InChI=1S/C7H12N2O3/c1-3-5(11-4-2)6-8-7(10)12-9-6/h5H,3-4H2,1-2H3,(H,8,9,10). The molecule has 0 bridgehead atoms. The van der Waals surface area contributed by atoms with Crippen LogP contribution in [-0.2, 0) is 4.74 Å². The second-order valence-electron chi connectivity index (χ2n) is 2.33. The molecule has 5 nitrogen and oxygen atoms in total. The van der Waals surface area contributed by atoms with Gasteiger partial charge in [0.2, 0.25) is 0 Å². The quantitative estimate of drug-likeness (QED) is 0.731. The SMILES string of the molecule is CCOC(CC)c1noc(=O)[nH]1. The highest BCUT2D eigenvalue weighted by molar-refractivity contribution is 4.84. The van der Waals surface area contributed by atoms with E-state index in [9.17, 15) is 4.79 Å². The summed E-state index contributed by atoms with van der Waals surface area (Å²) in [6, 6.07) is 0. The van der Waals surface area contributed by atoms with Gasteiger partial charge < -0.3 is 4.74 Å². The predicted octanol–water partition coefficient (Wildman–Crippen LogP) is 0.851. The maximum Gasteiger partial charge on any atom is 0.438 e. The van der Waals surface area contributed by atoms with E-state index in [1.165, 1.54) is 0 Å². The number of rotatable bonds is 4. The predicted molar refractivity (Wildman–Crippen MR) is 41.8 cm³/mol. The number of aromatic nitrogens is 2. The van der Waals surface area contributed by atoms with Gasteiger partial charge in [0.25, 0.3) is 0 Å². The summed E-state index contributed by atoms with van der Waals surface area (Å²) >= 11 is 0. The number of ether oxygens (including phenoxy) is 1. The Kier molecular flexibility index (Phi) is 3.04. The minimum absolute atomic E-state index is 0.165. The van der Waals surface area contributed by atoms with E-state index in [1.807, 2.05) is 13.8 Å². The zero-order valence-electron chi connectivity index (χ0n) is 7.16. The molecule has 12 heavy (non-hydrogen) atoms. The highest BCUT2D eigenvalue weighted by atomic mass is 16.5. The van der Waals surface area contributed by atoms with Gasteiger partial charge in [-0.1, -0.05) is 12.1 Å². The fourth-order valence-corrected chi connectivity index (χ4v) is 0.971. The van der Waals surface area contributed by atoms with Gasteiger partial charge in [0, 0.05) is 6.61 Å². The smallest absolute Gasteiger partial charge is 0.370 e. The van der Waals surface area contributed by atoms with Crippen molar-refractivity contribution in [1.82, 2.24) is 10.1 Å². The average molecular weight is 172 g/mol. The maximum atomic E-state index is 10.6. The van der Waals surface area contributed by atoms with E-state index in [-0.39, 0.29) is 6.10 Å². The van der Waals surface area contributed by atoms with Crippen LogP contribution in [0.15, 0.2) is 9.32 Å². The number of nitrogens with zero attached hydrogens (tertiary/aromatic N) is 1. The Morgan fingerprint density at radius 1 is 1.67 bits per heavy atom. The van der Waals surface area contributed by atoms with Gasteiger partial charge in [0.15, 0.2) is 5.82 Å². The van der Waals surface area contributed by atoms with Crippen LogP contribution in [0.3, 0.4) is 0 Å². The molecule has 1 aromatic heterocycles. The lowest BCUT2D eigenvalue weighted by Gasteiger charge is -2.09. The fraction of sp³-hybridized carbons (Fsp3) is 0.714. The van der Waals surface area contributed by atoms with E-state index in [2.05, 4.69) is 14.7 Å². The number of aromatic amines is 1. The molecule has 1 unspecified atom stereocenters. The lowest BCUT2D eigenvalue weighted by molar-refractivity contribution is 0.0518. The van der Waals surface area contributed by atoms with Crippen LogP contribution in [0.1, 0.15) is 32.2 Å². The van der Waals surface area contributed by atoms with Crippen molar-refractivity contribution in [2.24, 2.45) is 0 Å². The van der Waals surface area contributed by atoms with Crippen molar-refractivity contribution < 1.29 is 9.26 Å². The molecule has 1 aromatic rings. The number of nitrogens with one attached hydrogen (secondary N) is 1. The van der Waals surface area contributed by atoms with E-state index < -0.39 is 5.76 Å². The van der Waals surface area contributed by atoms with Crippen LogP contribution in [0.2, 0.25) is 0 Å². The maximum absolute atomic E-state index is 10.6. The number of hydrogen-bond donors (Lipinski definition) is 1. The molecule has 0 spiro atoms. The molecule has 0 amide bonds. The molecule has 1 heterocycles. The third-order valence-electron chi connectivity index (χ3n) is 1.50. The van der Waals surface area contributed by atoms with Crippen molar-refractivity contribution in [1.29, 1.82) is 0 Å². The van der Waals surface area contributed by atoms with E-state index >= 15 is 0 Å². The molecular weight excluding hydrogens is 160 g/mol. The molecule has 0 aliphatic rings. The summed E-state index contributed by atoms with van der Waals surface area (Å²) in [6.07, 6.45) is 0.595. The van der Waals surface area contributed by atoms with Gasteiger partial charge in [0.05, 0.1) is 0 Å². The molecule has 0 saturated heterocycles. The summed E-state index contributed by atoms with van der Waals surface area (Å²) in [5.74, 6) is -0.0764. The molecule has 0 fully saturated rings. The van der Waals surface area contributed by atoms with Crippen LogP contribution in [0.25, 0.3) is 0 Å². The van der Waals surface area contributed by atoms with E-state index in [1.54, 1.807) is 0 Å². The first-order chi connectivity index (χ1) is 5.77. The molecule has 0 radical (unpaired) electrons. The minimum atomic E-state index is -0.539. The third kappa shape index (κ3) is 1.94. The highest BCUT2D eigenvalue weighted by Crippen LogP contribution is 2.14. The first-order valence-corrected chi connectivity index (χ1v) is 3.95. The first-order valence-electron chi connectivity index (χ1n) is 3.95.